The lowest BCUT2D eigenvalue weighted by Crippen LogP contribution is -2.57. The highest BCUT2D eigenvalue weighted by atomic mass is 16.2. The molecule has 8 heteroatoms. The molecule has 1 unspecified atom stereocenters. The van der Waals surface area contributed by atoms with Gasteiger partial charge >= 0.3 is 0 Å². The van der Waals surface area contributed by atoms with E-state index < -0.39 is 0 Å². The topological polar surface area (TPSA) is 104 Å². The molecule has 8 nitrogen and oxygen atoms in total. The molecule has 0 aromatic carbocycles. The number of nitrogens with two attached hydrogens (primary N) is 1. The summed E-state index contributed by atoms with van der Waals surface area (Å²) in [5, 5.41) is 2.58. The predicted octanol–water partition coefficient (Wildman–Crippen LogP) is 0.677. The van der Waals surface area contributed by atoms with Crippen molar-refractivity contribution in [3.8, 4) is 0 Å². The molecule has 3 N–H and O–H groups in total. The van der Waals surface area contributed by atoms with Crippen molar-refractivity contribution in [1.29, 1.82) is 0 Å². The third kappa shape index (κ3) is 4.32. The fourth-order valence-corrected chi connectivity index (χ4v) is 4.32. The van der Waals surface area contributed by atoms with Crippen LogP contribution in [0.5, 0.6) is 0 Å². The number of nitrogens with one attached hydrogen (secondary N) is 1. The number of nitrogens with zero attached hydrogens (tertiary/aromatic N) is 4. The first kappa shape index (κ1) is 20.3. The number of aromatic nitrogens is 1. The minimum Gasteiger partial charge on any atom is -0.370 e. The van der Waals surface area contributed by atoms with E-state index in [1.165, 1.54) is 0 Å². The number of hydrogen-bond donors (Lipinski definition) is 2. The van der Waals surface area contributed by atoms with E-state index in [0.717, 1.165) is 38.3 Å². The molecule has 0 aliphatic carbocycles. The van der Waals surface area contributed by atoms with Crippen LogP contribution in [0.3, 0.4) is 0 Å². The highest BCUT2D eigenvalue weighted by Gasteiger charge is 2.43. The summed E-state index contributed by atoms with van der Waals surface area (Å²) in [6.07, 6.45) is 4.92. The molecule has 152 valence electrons. The summed E-state index contributed by atoms with van der Waals surface area (Å²) in [6.45, 7) is 7.92. The van der Waals surface area contributed by atoms with Crippen molar-refractivity contribution in [2.45, 2.75) is 38.3 Å². The summed E-state index contributed by atoms with van der Waals surface area (Å²) >= 11 is 0. The van der Waals surface area contributed by atoms with Crippen molar-refractivity contribution in [3.05, 3.63) is 24.0 Å². The normalized spacial score (nSPS) is 24.3. The van der Waals surface area contributed by atoms with Gasteiger partial charge in [-0.3, -0.25) is 19.5 Å². The van der Waals surface area contributed by atoms with Gasteiger partial charge in [0.25, 0.3) is 5.91 Å². The summed E-state index contributed by atoms with van der Waals surface area (Å²) in [7, 11) is 1.60. The van der Waals surface area contributed by atoms with Gasteiger partial charge < -0.3 is 16.0 Å². The molecule has 3 rings (SSSR count). The first-order valence-electron chi connectivity index (χ1n) is 9.82. The van der Waals surface area contributed by atoms with Gasteiger partial charge in [0.2, 0.25) is 5.91 Å². The number of rotatable bonds is 6. The molecule has 1 saturated heterocycles. The zero-order chi connectivity index (χ0) is 20.3. The van der Waals surface area contributed by atoms with Crippen LogP contribution in [0.4, 0.5) is 5.69 Å². The summed E-state index contributed by atoms with van der Waals surface area (Å²) in [4.78, 5) is 36.6. The summed E-state index contributed by atoms with van der Waals surface area (Å²) < 4.78 is 0. The lowest BCUT2D eigenvalue weighted by molar-refractivity contribution is -0.118. The Morgan fingerprint density at radius 2 is 1.96 bits per heavy atom. The lowest BCUT2D eigenvalue weighted by atomic mass is 9.84. The third-order valence-corrected chi connectivity index (χ3v) is 5.73. The number of amides is 2. The highest BCUT2D eigenvalue weighted by Crippen LogP contribution is 2.34. The number of aliphatic imine (C=N–C) groups is 1. The Morgan fingerprint density at radius 1 is 1.25 bits per heavy atom. The molecule has 0 bridgehead atoms. The van der Waals surface area contributed by atoms with Crippen LogP contribution in [0.1, 0.15) is 37.2 Å². The van der Waals surface area contributed by atoms with E-state index in [1.807, 2.05) is 12.3 Å². The van der Waals surface area contributed by atoms with Crippen molar-refractivity contribution in [1.82, 2.24) is 15.2 Å². The number of hydrogen-bond acceptors (Lipinski definition) is 6. The van der Waals surface area contributed by atoms with Crippen LogP contribution in [0, 0.1) is 5.92 Å². The van der Waals surface area contributed by atoms with Crippen LogP contribution in [-0.2, 0) is 4.79 Å². The van der Waals surface area contributed by atoms with Crippen LogP contribution in [0.25, 0.3) is 0 Å². The molecular formula is C20H30N6O2. The number of piperazine rings is 1. The van der Waals surface area contributed by atoms with Gasteiger partial charge in [-0.15, -0.1) is 0 Å². The zero-order valence-corrected chi connectivity index (χ0v) is 16.9. The van der Waals surface area contributed by atoms with E-state index >= 15 is 0 Å². The molecule has 0 spiro atoms. The maximum atomic E-state index is 11.6. The van der Waals surface area contributed by atoms with Crippen LogP contribution < -0.4 is 16.0 Å². The second-order valence-corrected chi connectivity index (χ2v) is 8.05. The SMILES string of the molecule is CNC(=O)c1ccc(N2CCN([C@@H]3C(CCC(N)=O)C=NC3(C)C)CC2)cn1. The van der Waals surface area contributed by atoms with Gasteiger partial charge in [0.05, 0.1) is 17.4 Å². The first-order chi connectivity index (χ1) is 13.3. The summed E-state index contributed by atoms with van der Waals surface area (Å²) in [5.41, 5.74) is 6.63. The lowest BCUT2D eigenvalue weighted by Gasteiger charge is -2.44. The molecule has 28 heavy (non-hydrogen) atoms. The van der Waals surface area contributed by atoms with Crippen molar-refractivity contribution < 1.29 is 9.59 Å². The Balaban J connectivity index is 1.62. The maximum absolute atomic E-state index is 11.6. The molecule has 1 aromatic heterocycles. The molecule has 2 atom stereocenters. The van der Waals surface area contributed by atoms with Gasteiger partial charge in [0.15, 0.2) is 0 Å². The van der Waals surface area contributed by atoms with Gasteiger partial charge in [-0.2, -0.15) is 0 Å². The molecule has 2 amide bonds. The molecule has 0 saturated carbocycles. The molecule has 1 fully saturated rings. The van der Waals surface area contributed by atoms with Crippen LogP contribution in [0.2, 0.25) is 0 Å². The number of pyridine rings is 1. The predicted molar refractivity (Wildman–Crippen MR) is 110 cm³/mol. The first-order valence-corrected chi connectivity index (χ1v) is 9.82. The van der Waals surface area contributed by atoms with E-state index in [2.05, 4.69) is 33.9 Å². The highest BCUT2D eigenvalue weighted by molar-refractivity contribution is 5.92. The quantitative estimate of drug-likeness (QED) is 0.748. The average Bonchev–Trinajstić information content (AvgIpc) is 3.00. The van der Waals surface area contributed by atoms with E-state index in [-0.39, 0.29) is 29.3 Å². The third-order valence-electron chi connectivity index (χ3n) is 5.73. The second-order valence-electron chi connectivity index (χ2n) is 8.05. The van der Waals surface area contributed by atoms with Crippen molar-refractivity contribution in [3.63, 3.8) is 0 Å². The smallest absolute Gasteiger partial charge is 0.269 e. The molecule has 0 radical (unpaired) electrons. The van der Waals surface area contributed by atoms with Gasteiger partial charge in [0, 0.05) is 57.8 Å². The second kappa shape index (κ2) is 8.26. The van der Waals surface area contributed by atoms with Crippen molar-refractivity contribution >= 4 is 23.7 Å². The van der Waals surface area contributed by atoms with Crippen LogP contribution >= 0.6 is 0 Å². The molecule has 2 aliphatic rings. The number of primary amides is 1. The molecule has 3 heterocycles. The van der Waals surface area contributed by atoms with E-state index in [1.54, 1.807) is 19.3 Å². The minimum absolute atomic E-state index is 0.165. The Hall–Kier alpha value is -2.48. The number of carbonyl (C=O) groups excluding carboxylic acids is 2. The van der Waals surface area contributed by atoms with Gasteiger partial charge in [-0.05, 0) is 32.4 Å². The number of anilines is 1. The Bertz CT molecular complexity index is 738. The molecule has 2 aliphatic heterocycles. The molecule has 1 aromatic rings. The van der Waals surface area contributed by atoms with Crippen molar-refractivity contribution in [2.24, 2.45) is 16.6 Å². The van der Waals surface area contributed by atoms with Gasteiger partial charge in [-0.25, -0.2) is 4.98 Å². The fraction of sp³-hybridized carbons (Fsp3) is 0.600. The Labute approximate surface area is 166 Å². The van der Waals surface area contributed by atoms with Gasteiger partial charge in [0.1, 0.15) is 5.69 Å². The minimum atomic E-state index is -0.255. The summed E-state index contributed by atoms with van der Waals surface area (Å²) in [6, 6.07) is 3.99. The van der Waals surface area contributed by atoms with Crippen LogP contribution in [-0.4, -0.2) is 72.7 Å². The average molecular weight is 387 g/mol. The largest absolute Gasteiger partial charge is 0.370 e. The maximum Gasteiger partial charge on any atom is 0.269 e. The van der Waals surface area contributed by atoms with E-state index in [0.29, 0.717) is 12.1 Å². The zero-order valence-electron chi connectivity index (χ0n) is 16.9. The fourth-order valence-electron chi connectivity index (χ4n) is 4.32. The van der Waals surface area contributed by atoms with Crippen LogP contribution in [0.15, 0.2) is 23.3 Å². The monoisotopic (exact) mass is 386 g/mol. The van der Waals surface area contributed by atoms with E-state index in [4.69, 9.17) is 10.7 Å². The molecular weight excluding hydrogens is 356 g/mol. The summed E-state index contributed by atoms with van der Waals surface area (Å²) in [5.74, 6) is -0.182. The van der Waals surface area contributed by atoms with E-state index in [9.17, 15) is 9.59 Å². The van der Waals surface area contributed by atoms with Gasteiger partial charge in [-0.1, -0.05) is 0 Å². The number of carbonyl (C=O) groups is 2. The standard InChI is InChI=1S/C20H30N6O2/c1-20(2)18(14(12-24-20)4-7-17(21)27)26-10-8-25(9-11-26)15-5-6-16(23-13-15)19(28)22-3/h5-6,12-14,18H,4,7-11H2,1-3H3,(H2,21,27)(H,22,28)/t14?,18-/m1/s1. The van der Waals surface area contributed by atoms with Crippen molar-refractivity contribution in [2.75, 3.05) is 38.1 Å². The Morgan fingerprint density at radius 3 is 2.54 bits per heavy atom. The Kier molecular flexibility index (Phi) is 5.98.